The lowest BCUT2D eigenvalue weighted by molar-refractivity contribution is 0.112. The number of anilines is 1. The molecule has 0 amide bonds. The number of aromatic hydroxyl groups is 1. The van der Waals surface area contributed by atoms with Crippen LogP contribution in [0.2, 0.25) is 0 Å². The van der Waals surface area contributed by atoms with Crippen molar-refractivity contribution in [3.63, 3.8) is 0 Å². The van der Waals surface area contributed by atoms with Crippen LogP contribution in [0.3, 0.4) is 0 Å². The van der Waals surface area contributed by atoms with E-state index in [4.69, 9.17) is 0 Å². The molecular weight excluding hydrogens is 228 g/mol. The van der Waals surface area contributed by atoms with Crippen LogP contribution in [-0.2, 0) is 0 Å². The molecule has 2 rings (SSSR count). The quantitative estimate of drug-likeness (QED) is 0.761. The third-order valence-corrected chi connectivity index (χ3v) is 2.62. The fraction of sp³-hybridized carbons (Fsp3) is 0.364. The van der Waals surface area contributed by atoms with Gasteiger partial charge in [0, 0.05) is 37.9 Å². The molecule has 5 heteroatoms. The SMILES string of the molecule is Cl.O=Cc1ccc(N2CCNCC2)cc1O. The van der Waals surface area contributed by atoms with Crippen molar-refractivity contribution in [2.24, 2.45) is 0 Å². The maximum Gasteiger partial charge on any atom is 0.153 e. The van der Waals surface area contributed by atoms with E-state index in [1.54, 1.807) is 12.1 Å². The normalized spacial score (nSPS) is 15.4. The summed E-state index contributed by atoms with van der Waals surface area (Å²) in [5, 5.41) is 12.8. The number of hydrogen-bond donors (Lipinski definition) is 2. The molecule has 1 aromatic carbocycles. The first-order valence-electron chi connectivity index (χ1n) is 5.05. The summed E-state index contributed by atoms with van der Waals surface area (Å²) in [4.78, 5) is 12.7. The minimum absolute atomic E-state index is 0. The highest BCUT2D eigenvalue weighted by Gasteiger charge is 2.11. The number of piperazine rings is 1. The molecule has 0 spiro atoms. The zero-order chi connectivity index (χ0) is 10.7. The molecule has 1 aliphatic rings. The van der Waals surface area contributed by atoms with Crippen molar-refractivity contribution in [1.82, 2.24) is 5.32 Å². The van der Waals surface area contributed by atoms with Crippen molar-refractivity contribution >= 4 is 24.4 Å². The Morgan fingerprint density at radius 2 is 2.00 bits per heavy atom. The average molecular weight is 243 g/mol. The van der Waals surface area contributed by atoms with Gasteiger partial charge in [-0.05, 0) is 12.1 Å². The molecule has 0 aliphatic carbocycles. The van der Waals surface area contributed by atoms with E-state index in [0.717, 1.165) is 31.9 Å². The zero-order valence-corrected chi connectivity index (χ0v) is 9.67. The lowest BCUT2D eigenvalue weighted by Gasteiger charge is -2.29. The zero-order valence-electron chi connectivity index (χ0n) is 8.85. The van der Waals surface area contributed by atoms with Gasteiger partial charge in [-0.1, -0.05) is 0 Å². The number of benzene rings is 1. The number of halogens is 1. The van der Waals surface area contributed by atoms with Crippen LogP contribution >= 0.6 is 12.4 Å². The first-order chi connectivity index (χ1) is 7.31. The van der Waals surface area contributed by atoms with Gasteiger partial charge in [-0.2, -0.15) is 0 Å². The lowest BCUT2D eigenvalue weighted by atomic mass is 10.2. The smallest absolute Gasteiger partial charge is 0.153 e. The highest BCUT2D eigenvalue weighted by molar-refractivity contribution is 5.85. The maximum absolute atomic E-state index is 10.5. The Morgan fingerprint density at radius 1 is 1.31 bits per heavy atom. The Morgan fingerprint density at radius 3 is 2.56 bits per heavy atom. The number of aldehydes is 1. The molecule has 0 atom stereocenters. The summed E-state index contributed by atoms with van der Waals surface area (Å²) in [5.74, 6) is 0.0565. The summed E-state index contributed by atoms with van der Waals surface area (Å²) in [6.07, 6.45) is 0.664. The molecule has 16 heavy (non-hydrogen) atoms. The second-order valence-corrected chi connectivity index (χ2v) is 3.60. The summed E-state index contributed by atoms with van der Waals surface area (Å²) in [6, 6.07) is 5.17. The van der Waals surface area contributed by atoms with Crippen LogP contribution in [0.5, 0.6) is 5.75 Å². The first-order valence-corrected chi connectivity index (χ1v) is 5.05. The fourth-order valence-corrected chi connectivity index (χ4v) is 1.75. The van der Waals surface area contributed by atoms with Crippen LogP contribution in [0.1, 0.15) is 10.4 Å². The molecule has 1 aliphatic heterocycles. The van der Waals surface area contributed by atoms with E-state index in [9.17, 15) is 9.90 Å². The predicted molar refractivity (Wildman–Crippen MR) is 65.8 cm³/mol. The van der Waals surface area contributed by atoms with E-state index in [-0.39, 0.29) is 18.2 Å². The fourth-order valence-electron chi connectivity index (χ4n) is 1.75. The molecule has 1 saturated heterocycles. The number of rotatable bonds is 2. The van der Waals surface area contributed by atoms with Gasteiger partial charge in [0.05, 0.1) is 5.56 Å². The van der Waals surface area contributed by atoms with Crippen molar-refractivity contribution in [2.75, 3.05) is 31.1 Å². The Kier molecular flexibility index (Phi) is 4.58. The third kappa shape index (κ3) is 2.65. The monoisotopic (exact) mass is 242 g/mol. The highest BCUT2D eigenvalue weighted by atomic mass is 35.5. The van der Waals surface area contributed by atoms with Gasteiger partial charge in [0.1, 0.15) is 5.75 Å². The van der Waals surface area contributed by atoms with E-state index >= 15 is 0 Å². The van der Waals surface area contributed by atoms with Gasteiger partial charge in [0.25, 0.3) is 0 Å². The second-order valence-electron chi connectivity index (χ2n) is 3.60. The van der Waals surface area contributed by atoms with Crippen molar-refractivity contribution in [2.45, 2.75) is 0 Å². The van der Waals surface area contributed by atoms with Gasteiger partial charge in [0.2, 0.25) is 0 Å². The summed E-state index contributed by atoms with van der Waals surface area (Å²) in [5.41, 5.74) is 1.31. The van der Waals surface area contributed by atoms with E-state index in [2.05, 4.69) is 10.2 Å². The van der Waals surface area contributed by atoms with Crippen LogP contribution in [0, 0.1) is 0 Å². The molecule has 0 aromatic heterocycles. The number of carbonyl (C=O) groups excluding carboxylic acids is 1. The van der Waals surface area contributed by atoms with Gasteiger partial charge in [-0.25, -0.2) is 0 Å². The summed E-state index contributed by atoms with van der Waals surface area (Å²) in [7, 11) is 0. The molecular formula is C11H15ClN2O2. The highest BCUT2D eigenvalue weighted by Crippen LogP contribution is 2.23. The number of hydrogen-bond acceptors (Lipinski definition) is 4. The molecule has 88 valence electrons. The van der Waals surface area contributed by atoms with Gasteiger partial charge in [-0.3, -0.25) is 4.79 Å². The largest absolute Gasteiger partial charge is 0.507 e. The summed E-state index contributed by atoms with van der Waals surface area (Å²) < 4.78 is 0. The number of phenols is 1. The van der Waals surface area contributed by atoms with Crippen LogP contribution in [0.15, 0.2) is 18.2 Å². The van der Waals surface area contributed by atoms with Crippen molar-refractivity contribution in [3.05, 3.63) is 23.8 Å². The Labute approximate surface area is 101 Å². The molecule has 1 heterocycles. The minimum Gasteiger partial charge on any atom is -0.507 e. The van der Waals surface area contributed by atoms with Crippen LogP contribution in [-0.4, -0.2) is 37.6 Å². The number of phenolic OH excluding ortho intramolecular Hbond substituents is 1. The molecule has 4 nitrogen and oxygen atoms in total. The van der Waals surface area contributed by atoms with Crippen molar-refractivity contribution < 1.29 is 9.90 Å². The van der Waals surface area contributed by atoms with Crippen molar-refractivity contribution in [3.8, 4) is 5.75 Å². The minimum atomic E-state index is 0. The molecule has 0 unspecified atom stereocenters. The lowest BCUT2D eigenvalue weighted by Crippen LogP contribution is -2.43. The summed E-state index contributed by atoms with van der Waals surface area (Å²) >= 11 is 0. The van der Waals surface area contributed by atoms with Gasteiger partial charge >= 0.3 is 0 Å². The van der Waals surface area contributed by atoms with E-state index in [1.165, 1.54) is 0 Å². The van der Waals surface area contributed by atoms with Gasteiger partial charge in [-0.15, -0.1) is 12.4 Å². The van der Waals surface area contributed by atoms with Crippen molar-refractivity contribution in [1.29, 1.82) is 0 Å². The predicted octanol–water partition coefficient (Wildman–Crippen LogP) is 1.04. The van der Waals surface area contributed by atoms with Crippen LogP contribution in [0.25, 0.3) is 0 Å². The molecule has 2 N–H and O–H groups in total. The third-order valence-electron chi connectivity index (χ3n) is 2.62. The first kappa shape index (κ1) is 12.8. The molecule has 0 saturated carbocycles. The Hall–Kier alpha value is -1.26. The second kappa shape index (κ2) is 5.72. The standard InChI is InChI=1S/C11H14N2O2.ClH/c14-8-9-1-2-10(7-11(9)15)13-5-3-12-4-6-13;/h1-2,7-8,12,15H,3-6H2;1H. The van der Waals surface area contributed by atoms with Gasteiger partial charge < -0.3 is 15.3 Å². The number of carbonyl (C=O) groups is 1. The summed E-state index contributed by atoms with van der Waals surface area (Å²) in [6.45, 7) is 3.77. The van der Waals surface area contributed by atoms with E-state index < -0.39 is 0 Å². The number of nitrogens with zero attached hydrogens (tertiary/aromatic N) is 1. The van der Waals surface area contributed by atoms with Crippen LogP contribution in [0.4, 0.5) is 5.69 Å². The molecule has 0 bridgehead atoms. The average Bonchev–Trinajstić information content (AvgIpc) is 2.30. The van der Waals surface area contributed by atoms with Gasteiger partial charge in [0.15, 0.2) is 6.29 Å². The topological polar surface area (TPSA) is 52.6 Å². The van der Waals surface area contributed by atoms with Crippen LogP contribution < -0.4 is 10.2 Å². The maximum atomic E-state index is 10.5. The molecule has 1 aromatic rings. The van der Waals surface area contributed by atoms with E-state index in [1.807, 2.05) is 6.07 Å². The Balaban J connectivity index is 0.00000128. The molecule has 0 radical (unpaired) electrons. The Bertz CT molecular complexity index is 365. The van der Waals surface area contributed by atoms with E-state index in [0.29, 0.717) is 11.8 Å². The number of nitrogens with one attached hydrogen (secondary N) is 1. The molecule has 1 fully saturated rings.